The number of amides is 1. The molecule has 3 heterocycles. The van der Waals surface area contributed by atoms with Crippen molar-refractivity contribution in [1.82, 2.24) is 20.3 Å². The minimum absolute atomic E-state index is 0.0871. The molecule has 0 spiro atoms. The summed E-state index contributed by atoms with van der Waals surface area (Å²) in [7, 11) is 0. The summed E-state index contributed by atoms with van der Waals surface area (Å²) < 4.78 is 0. The number of hydrogen-bond acceptors (Lipinski definition) is 4. The van der Waals surface area contributed by atoms with Gasteiger partial charge >= 0.3 is 0 Å². The fourth-order valence-corrected chi connectivity index (χ4v) is 2.18. The lowest BCUT2D eigenvalue weighted by atomic mass is 10.1. The first-order valence-corrected chi connectivity index (χ1v) is 6.79. The van der Waals surface area contributed by atoms with Gasteiger partial charge in [0.2, 0.25) is 5.91 Å². The van der Waals surface area contributed by atoms with Crippen molar-refractivity contribution in [2.24, 2.45) is 0 Å². The number of rotatable bonds is 4. The van der Waals surface area contributed by atoms with Crippen LogP contribution in [0.5, 0.6) is 0 Å². The van der Waals surface area contributed by atoms with E-state index in [0.717, 1.165) is 16.6 Å². The molecular weight excluding hydrogens is 278 g/mol. The van der Waals surface area contributed by atoms with E-state index < -0.39 is 0 Å². The number of nitriles is 1. The minimum Gasteiger partial charge on any atom is -0.350 e. The lowest BCUT2D eigenvalue weighted by molar-refractivity contribution is -0.120. The summed E-state index contributed by atoms with van der Waals surface area (Å²) in [5.74, 6) is -0.0871. The highest BCUT2D eigenvalue weighted by molar-refractivity contribution is 5.86. The zero-order valence-corrected chi connectivity index (χ0v) is 11.7. The molecule has 0 saturated carbocycles. The van der Waals surface area contributed by atoms with Crippen LogP contribution in [0.3, 0.4) is 0 Å². The molecular formula is C16H13N5O. The third kappa shape index (κ3) is 2.94. The van der Waals surface area contributed by atoms with E-state index in [2.05, 4.69) is 20.3 Å². The molecule has 0 unspecified atom stereocenters. The number of pyridine rings is 2. The molecule has 0 atom stereocenters. The zero-order valence-electron chi connectivity index (χ0n) is 11.7. The molecule has 1 amide bonds. The summed E-state index contributed by atoms with van der Waals surface area (Å²) >= 11 is 0. The van der Waals surface area contributed by atoms with Gasteiger partial charge in [0.1, 0.15) is 11.7 Å². The van der Waals surface area contributed by atoms with E-state index in [1.54, 1.807) is 24.5 Å². The summed E-state index contributed by atoms with van der Waals surface area (Å²) in [6.07, 6.45) is 5.28. The average molecular weight is 291 g/mol. The minimum atomic E-state index is -0.0871. The van der Waals surface area contributed by atoms with Crippen molar-refractivity contribution in [1.29, 1.82) is 5.26 Å². The smallest absolute Gasteiger partial charge is 0.224 e. The summed E-state index contributed by atoms with van der Waals surface area (Å²) in [4.78, 5) is 23.4. The maximum Gasteiger partial charge on any atom is 0.224 e. The van der Waals surface area contributed by atoms with E-state index >= 15 is 0 Å². The van der Waals surface area contributed by atoms with Crippen LogP contribution in [0.15, 0.2) is 42.9 Å². The molecule has 0 radical (unpaired) electrons. The Morgan fingerprint density at radius 3 is 3.00 bits per heavy atom. The normalized spacial score (nSPS) is 10.3. The first kappa shape index (κ1) is 13.8. The van der Waals surface area contributed by atoms with Crippen LogP contribution in [0.4, 0.5) is 0 Å². The maximum absolute atomic E-state index is 12.0. The maximum atomic E-state index is 12.0. The summed E-state index contributed by atoms with van der Waals surface area (Å²) in [6.45, 7) is 0.338. The molecule has 2 N–H and O–H groups in total. The van der Waals surface area contributed by atoms with E-state index in [1.165, 1.54) is 6.20 Å². The number of H-pyrrole nitrogens is 1. The molecule has 0 fully saturated rings. The SMILES string of the molecule is N#Cc1ccc(CNC(=O)Cc2c[nH]c3ncccc23)nc1. The molecule has 3 rings (SSSR count). The molecule has 0 bridgehead atoms. The van der Waals surface area contributed by atoms with Gasteiger partial charge in [-0.1, -0.05) is 0 Å². The molecule has 0 aromatic carbocycles. The van der Waals surface area contributed by atoms with Crippen molar-refractivity contribution in [2.45, 2.75) is 13.0 Å². The second-order valence-corrected chi connectivity index (χ2v) is 4.82. The summed E-state index contributed by atoms with van der Waals surface area (Å²) in [6, 6.07) is 9.20. The Labute approximate surface area is 126 Å². The Hall–Kier alpha value is -3.20. The van der Waals surface area contributed by atoms with Crippen LogP contribution < -0.4 is 5.32 Å². The Bertz CT molecular complexity index is 845. The predicted octanol–water partition coefficient (Wildman–Crippen LogP) is 1.69. The van der Waals surface area contributed by atoms with E-state index in [9.17, 15) is 4.79 Å². The molecule has 0 saturated heterocycles. The van der Waals surface area contributed by atoms with Gasteiger partial charge < -0.3 is 10.3 Å². The quantitative estimate of drug-likeness (QED) is 0.764. The van der Waals surface area contributed by atoms with Crippen molar-refractivity contribution in [3.8, 4) is 6.07 Å². The molecule has 0 aliphatic rings. The van der Waals surface area contributed by atoms with Crippen LogP contribution in [0.2, 0.25) is 0 Å². The molecule has 6 heteroatoms. The van der Waals surface area contributed by atoms with Crippen LogP contribution in [0.1, 0.15) is 16.8 Å². The Kier molecular flexibility index (Phi) is 3.79. The van der Waals surface area contributed by atoms with Gasteiger partial charge in [-0.2, -0.15) is 5.26 Å². The number of fused-ring (bicyclic) bond motifs is 1. The highest BCUT2D eigenvalue weighted by atomic mass is 16.1. The van der Waals surface area contributed by atoms with Gasteiger partial charge in [-0.25, -0.2) is 4.98 Å². The summed E-state index contributed by atoms with van der Waals surface area (Å²) in [5, 5.41) is 12.5. The molecule has 3 aromatic heterocycles. The van der Waals surface area contributed by atoms with Gasteiger partial charge in [0.25, 0.3) is 0 Å². The third-order valence-electron chi connectivity index (χ3n) is 3.31. The number of carbonyl (C=O) groups is 1. The van der Waals surface area contributed by atoms with E-state index in [-0.39, 0.29) is 12.3 Å². The fraction of sp³-hybridized carbons (Fsp3) is 0.125. The monoisotopic (exact) mass is 291 g/mol. The van der Waals surface area contributed by atoms with Crippen LogP contribution in [0, 0.1) is 11.3 Å². The van der Waals surface area contributed by atoms with Crippen LogP contribution >= 0.6 is 0 Å². The van der Waals surface area contributed by atoms with Crippen LogP contribution in [-0.4, -0.2) is 20.9 Å². The Balaban J connectivity index is 1.61. The molecule has 0 aliphatic heterocycles. The van der Waals surface area contributed by atoms with Crippen molar-refractivity contribution in [3.63, 3.8) is 0 Å². The van der Waals surface area contributed by atoms with Gasteiger partial charge in [-0.3, -0.25) is 9.78 Å². The van der Waals surface area contributed by atoms with Gasteiger partial charge in [0.05, 0.1) is 24.2 Å². The molecule has 3 aromatic rings. The molecule has 108 valence electrons. The molecule has 22 heavy (non-hydrogen) atoms. The largest absolute Gasteiger partial charge is 0.350 e. The Morgan fingerprint density at radius 1 is 1.32 bits per heavy atom. The van der Waals surface area contributed by atoms with Gasteiger partial charge in [-0.05, 0) is 29.8 Å². The summed E-state index contributed by atoms with van der Waals surface area (Å²) in [5.41, 5.74) is 2.90. The number of nitrogens with one attached hydrogen (secondary N) is 2. The second-order valence-electron chi connectivity index (χ2n) is 4.82. The van der Waals surface area contributed by atoms with Crippen LogP contribution in [-0.2, 0) is 17.8 Å². The highest BCUT2D eigenvalue weighted by Gasteiger charge is 2.09. The third-order valence-corrected chi connectivity index (χ3v) is 3.31. The average Bonchev–Trinajstić information content (AvgIpc) is 2.97. The standard InChI is InChI=1S/C16H13N5O/c17-7-11-3-4-13(19-8-11)10-20-15(22)6-12-9-21-16-14(12)2-1-5-18-16/h1-5,8-9H,6,10H2,(H,18,21)(H,20,22). The second kappa shape index (κ2) is 6.06. The highest BCUT2D eigenvalue weighted by Crippen LogP contribution is 2.15. The van der Waals surface area contributed by atoms with E-state index in [0.29, 0.717) is 17.8 Å². The van der Waals surface area contributed by atoms with E-state index in [1.807, 2.05) is 18.2 Å². The van der Waals surface area contributed by atoms with E-state index in [4.69, 9.17) is 5.26 Å². The molecule has 6 nitrogen and oxygen atoms in total. The zero-order chi connectivity index (χ0) is 15.4. The number of aromatic nitrogens is 3. The van der Waals surface area contributed by atoms with Crippen molar-refractivity contribution in [2.75, 3.05) is 0 Å². The van der Waals surface area contributed by atoms with Gasteiger partial charge in [0.15, 0.2) is 0 Å². The predicted molar refractivity (Wildman–Crippen MR) is 80.6 cm³/mol. The topological polar surface area (TPSA) is 94.5 Å². The number of hydrogen-bond donors (Lipinski definition) is 2. The first-order chi connectivity index (χ1) is 10.8. The number of aromatic amines is 1. The number of nitrogens with zero attached hydrogens (tertiary/aromatic N) is 3. The Morgan fingerprint density at radius 2 is 2.23 bits per heavy atom. The van der Waals surface area contributed by atoms with Crippen molar-refractivity contribution >= 4 is 16.9 Å². The fourth-order valence-electron chi connectivity index (χ4n) is 2.18. The van der Waals surface area contributed by atoms with Crippen molar-refractivity contribution in [3.05, 3.63) is 59.7 Å². The van der Waals surface area contributed by atoms with Gasteiger partial charge in [0, 0.05) is 24.0 Å². The van der Waals surface area contributed by atoms with Gasteiger partial charge in [-0.15, -0.1) is 0 Å². The molecule has 0 aliphatic carbocycles. The lowest BCUT2D eigenvalue weighted by Gasteiger charge is -2.04. The lowest BCUT2D eigenvalue weighted by Crippen LogP contribution is -2.24. The first-order valence-electron chi connectivity index (χ1n) is 6.79. The van der Waals surface area contributed by atoms with Crippen molar-refractivity contribution < 1.29 is 4.79 Å². The number of carbonyl (C=O) groups excluding carboxylic acids is 1. The van der Waals surface area contributed by atoms with Crippen LogP contribution in [0.25, 0.3) is 11.0 Å².